The number of aryl methyl sites for hydroxylation is 1. The van der Waals surface area contributed by atoms with E-state index in [0.29, 0.717) is 0 Å². The van der Waals surface area contributed by atoms with Gasteiger partial charge in [0, 0.05) is 18.6 Å². The summed E-state index contributed by atoms with van der Waals surface area (Å²) >= 11 is 0. The first-order valence-corrected chi connectivity index (χ1v) is 4.77. The van der Waals surface area contributed by atoms with Gasteiger partial charge in [0.05, 0.1) is 0 Å². The maximum Gasteiger partial charge on any atom is 0.0477 e. The van der Waals surface area contributed by atoms with Crippen LogP contribution < -0.4 is 5.73 Å². The van der Waals surface area contributed by atoms with Crippen molar-refractivity contribution in [3.05, 3.63) is 35.4 Å². The third-order valence-corrected chi connectivity index (χ3v) is 2.94. The topological polar surface area (TPSA) is 46.2 Å². The van der Waals surface area contributed by atoms with Gasteiger partial charge >= 0.3 is 0 Å². The Labute approximate surface area is 78.4 Å². The molecule has 2 atom stereocenters. The van der Waals surface area contributed by atoms with Crippen LogP contribution in [0.15, 0.2) is 24.3 Å². The van der Waals surface area contributed by atoms with Crippen LogP contribution in [0.3, 0.4) is 0 Å². The zero-order valence-electron chi connectivity index (χ0n) is 7.61. The maximum absolute atomic E-state index is 9.11. The summed E-state index contributed by atoms with van der Waals surface area (Å²) < 4.78 is 0. The first-order chi connectivity index (χ1) is 6.33. The Bertz CT molecular complexity index is 298. The second kappa shape index (κ2) is 3.48. The molecule has 0 unspecified atom stereocenters. The van der Waals surface area contributed by atoms with E-state index in [1.807, 2.05) is 12.1 Å². The van der Waals surface area contributed by atoms with E-state index in [1.54, 1.807) is 0 Å². The predicted octanol–water partition coefficient (Wildman–Crippen LogP) is 1.24. The lowest BCUT2D eigenvalue weighted by molar-refractivity contribution is 0.190. The molecule has 0 bridgehead atoms. The van der Waals surface area contributed by atoms with Gasteiger partial charge in [-0.2, -0.15) is 0 Å². The number of aliphatic hydroxyl groups is 1. The molecule has 2 nitrogen and oxygen atoms in total. The molecule has 0 fully saturated rings. The van der Waals surface area contributed by atoms with Crippen molar-refractivity contribution in [2.24, 2.45) is 11.7 Å². The van der Waals surface area contributed by atoms with Crippen molar-refractivity contribution in [1.82, 2.24) is 0 Å². The minimum absolute atomic E-state index is 0.0231. The van der Waals surface area contributed by atoms with Crippen LogP contribution in [0.4, 0.5) is 0 Å². The summed E-state index contributed by atoms with van der Waals surface area (Å²) in [5.41, 5.74) is 8.60. The normalized spacial score (nSPS) is 26.9. The number of aliphatic hydroxyl groups excluding tert-OH is 1. The predicted molar refractivity (Wildman–Crippen MR) is 52.3 cm³/mol. The highest BCUT2D eigenvalue weighted by molar-refractivity contribution is 5.32. The van der Waals surface area contributed by atoms with Crippen molar-refractivity contribution in [3.8, 4) is 0 Å². The zero-order valence-corrected chi connectivity index (χ0v) is 7.61. The summed E-state index contributed by atoms with van der Waals surface area (Å²) in [4.78, 5) is 0. The lowest BCUT2D eigenvalue weighted by Crippen LogP contribution is -2.29. The Kier molecular flexibility index (Phi) is 2.34. The lowest BCUT2D eigenvalue weighted by Gasteiger charge is -2.29. The molecule has 1 aromatic carbocycles. The van der Waals surface area contributed by atoms with Crippen LogP contribution in [0.1, 0.15) is 23.6 Å². The number of hydrogen-bond donors (Lipinski definition) is 2. The average molecular weight is 177 g/mol. The van der Waals surface area contributed by atoms with Crippen LogP contribution in [0.2, 0.25) is 0 Å². The summed E-state index contributed by atoms with van der Waals surface area (Å²) in [5, 5.41) is 9.11. The molecule has 0 radical (unpaired) electrons. The summed E-state index contributed by atoms with van der Waals surface area (Å²) in [5.74, 6) is 0.245. The number of hydrogen-bond acceptors (Lipinski definition) is 2. The minimum atomic E-state index is 0.0231. The van der Waals surface area contributed by atoms with Crippen LogP contribution in [0.25, 0.3) is 0 Å². The van der Waals surface area contributed by atoms with Crippen molar-refractivity contribution >= 4 is 0 Å². The molecule has 0 heterocycles. The summed E-state index contributed by atoms with van der Waals surface area (Å²) in [6.45, 7) is 0.204. The number of fused-ring (bicyclic) bond motifs is 1. The van der Waals surface area contributed by atoms with E-state index in [9.17, 15) is 0 Å². The molecule has 2 heteroatoms. The molecule has 0 saturated heterocycles. The molecule has 13 heavy (non-hydrogen) atoms. The zero-order chi connectivity index (χ0) is 9.26. The molecule has 2 rings (SSSR count). The van der Waals surface area contributed by atoms with E-state index in [-0.39, 0.29) is 18.6 Å². The van der Waals surface area contributed by atoms with E-state index < -0.39 is 0 Å². The molecule has 1 aliphatic carbocycles. The van der Waals surface area contributed by atoms with Gasteiger partial charge in [-0.3, -0.25) is 0 Å². The monoisotopic (exact) mass is 177 g/mol. The van der Waals surface area contributed by atoms with Crippen molar-refractivity contribution in [2.45, 2.75) is 18.9 Å². The van der Waals surface area contributed by atoms with Gasteiger partial charge in [-0.25, -0.2) is 0 Å². The fraction of sp³-hybridized carbons (Fsp3) is 0.455. The highest BCUT2D eigenvalue weighted by Gasteiger charge is 2.25. The largest absolute Gasteiger partial charge is 0.396 e. The van der Waals surface area contributed by atoms with E-state index >= 15 is 0 Å². The highest BCUT2D eigenvalue weighted by atomic mass is 16.3. The molecular formula is C11H15NO. The molecule has 1 aliphatic rings. The van der Waals surface area contributed by atoms with Gasteiger partial charge in [0.15, 0.2) is 0 Å². The SMILES string of the molecule is N[C@H]1c2ccccc2CC[C@H]1CO. The van der Waals surface area contributed by atoms with Crippen LogP contribution in [-0.4, -0.2) is 11.7 Å². The molecule has 0 saturated carbocycles. The molecule has 0 aliphatic heterocycles. The second-order valence-electron chi connectivity index (χ2n) is 3.71. The average Bonchev–Trinajstić information content (AvgIpc) is 2.19. The minimum Gasteiger partial charge on any atom is -0.396 e. The van der Waals surface area contributed by atoms with Gasteiger partial charge in [0.2, 0.25) is 0 Å². The third-order valence-electron chi connectivity index (χ3n) is 2.94. The molecule has 0 spiro atoms. The van der Waals surface area contributed by atoms with Gasteiger partial charge in [0.1, 0.15) is 0 Å². The Morgan fingerprint density at radius 2 is 2.15 bits per heavy atom. The van der Waals surface area contributed by atoms with E-state index in [0.717, 1.165) is 12.8 Å². The fourth-order valence-corrected chi connectivity index (χ4v) is 2.07. The van der Waals surface area contributed by atoms with Crippen molar-refractivity contribution < 1.29 is 5.11 Å². The van der Waals surface area contributed by atoms with Crippen molar-refractivity contribution in [1.29, 1.82) is 0 Å². The fourth-order valence-electron chi connectivity index (χ4n) is 2.07. The Morgan fingerprint density at radius 3 is 2.92 bits per heavy atom. The van der Waals surface area contributed by atoms with Gasteiger partial charge in [-0.05, 0) is 24.0 Å². The maximum atomic E-state index is 9.11. The van der Waals surface area contributed by atoms with Gasteiger partial charge < -0.3 is 10.8 Å². The molecule has 0 aromatic heterocycles. The van der Waals surface area contributed by atoms with Crippen LogP contribution in [0.5, 0.6) is 0 Å². The Balaban J connectivity index is 2.33. The molecule has 70 valence electrons. The number of rotatable bonds is 1. The van der Waals surface area contributed by atoms with Crippen LogP contribution >= 0.6 is 0 Å². The van der Waals surface area contributed by atoms with E-state index in [1.165, 1.54) is 11.1 Å². The summed E-state index contributed by atoms with van der Waals surface area (Å²) in [6, 6.07) is 8.28. The Hall–Kier alpha value is -0.860. The molecular weight excluding hydrogens is 162 g/mol. The number of nitrogens with two attached hydrogens (primary N) is 1. The van der Waals surface area contributed by atoms with Gasteiger partial charge in [-0.15, -0.1) is 0 Å². The smallest absolute Gasteiger partial charge is 0.0477 e. The van der Waals surface area contributed by atoms with Crippen LogP contribution in [0, 0.1) is 5.92 Å². The molecule has 0 amide bonds. The van der Waals surface area contributed by atoms with E-state index in [2.05, 4.69) is 12.1 Å². The standard InChI is InChI=1S/C11H15NO/c12-11-9(7-13)6-5-8-3-1-2-4-10(8)11/h1-4,9,11,13H,5-7,12H2/t9-,11+/m0/s1. The summed E-state index contributed by atoms with van der Waals surface area (Å²) in [6.07, 6.45) is 2.06. The second-order valence-corrected chi connectivity index (χ2v) is 3.71. The third kappa shape index (κ3) is 1.47. The van der Waals surface area contributed by atoms with E-state index in [4.69, 9.17) is 10.8 Å². The van der Waals surface area contributed by atoms with Crippen molar-refractivity contribution in [2.75, 3.05) is 6.61 Å². The van der Waals surface area contributed by atoms with Crippen molar-refractivity contribution in [3.63, 3.8) is 0 Å². The molecule has 3 N–H and O–H groups in total. The van der Waals surface area contributed by atoms with Crippen LogP contribution in [-0.2, 0) is 6.42 Å². The quantitative estimate of drug-likeness (QED) is 0.678. The van der Waals surface area contributed by atoms with Gasteiger partial charge in [-0.1, -0.05) is 24.3 Å². The first-order valence-electron chi connectivity index (χ1n) is 4.77. The molecule has 1 aromatic rings. The Morgan fingerprint density at radius 1 is 1.38 bits per heavy atom. The summed E-state index contributed by atoms with van der Waals surface area (Å²) in [7, 11) is 0. The lowest BCUT2D eigenvalue weighted by atomic mass is 9.81. The number of benzene rings is 1. The first kappa shape index (κ1) is 8.73. The highest BCUT2D eigenvalue weighted by Crippen LogP contribution is 2.31. The van der Waals surface area contributed by atoms with Gasteiger partial charge in [0.25, 0.3) is 0 Å².